The second-order valence-corrected chi connectivity index (χ2v) is 2.59. The lowest BCUT2D eigenvalue weighted by atomic mass is 10.3. The van der Waals surface area contributed by atoms with Crippen LogP contribution in [-0.2, 0) is 17.8 Å². The SMILES string of the molecule is O=CCCc1nccn1CC(F)F. The number of carbonyl (C=O) groups excluding carboxylic acids is 1. The lowest BCUT2D eigenvalue weighted by Crippen LogP contribution is -2.09. The maximum atomic E-state index is 12.0. The molecule has 0 aromatic carbocycles. The molecule has 72 valence electrons. The number of alkyl halides is 2. The van der Waals surface area contributed by atoms with Crippen molar-refractivity contribution in [3.8, 4) is 0 Å². The molecule has 1 rings (SSSR count). The summed E-state index contributed by atoms with van der Waals surface area (Å²) in [7, 11) is 0. The Bertz CT molecular complexity index is 273. The van der Waals surface area contributed by atoms with E-state index in [0.717, 1.165) is 6.29 Å². The van der Waals surface area contributed by atoms with Gasteiger partial charge in [0.2, 0.25) is 0 Å². The monoisotopic (exact) mass is 188 g/mol. The third kappa shape index (κ3) is 2.93. The van der Waals surface area contributed by atoms with Crippen LogP contribution in [0.3, 0.4) is 0 Å². The molecule has 5 heteroatoms. The van der Waals surface area contributed by atoms with Crippen LogP contribution in [0.5, 0.6) is 0 Å². The van der Waals surface area contributed by atoms with Gasteiger partial charge >= 0.3 is 0 Å². The summed E-state index contributed by atoms with van der Waals surface area (Å²) >= 11 is 0. The first kappa shape index (κ1) is 9.83. The zero-order valence-corrected chi connectivity index (χ0v) is 6.99. The second-order valence-electron chi connectivity index (χ2n) is 2.59. The number of imidazole rings is 1. The zero-order valence-electron chi connectivity index (χ0n) is 6.99. The molecular formula is C8H10F2N2O. The van der Waals surface area contributed by atoms with Crippen LogP contribution >= 0.6 is 0 Å². The molecule has 0 saturated heterocycles. The molecule has 0 N–H and O–H groups in total. The van der Waals surface area contributed by atoms with Crippen molar-refractivity contribution in [2.45, 2.75) is 25.8 Å². The molecule has 0 aliphatic carbocycles. The molecule has 0 radical (unpaired) electrons. The van der Waals surface area contributed by atoms with E-state index in [-0.39, 0.29) is 6.54 Å². The van der Waals surface area contributed by atoms with Gasteiger partial charge in [-0.1, -0.05) is 0 Å². The van der Waals surface area contributed by atoms with Gasteiger partial charge in [0.05, 0.1) is 6.54 Å². The molecule has 0 aliphatic heterocycles. The normalized spacial score (nSPS) is 10.7. The van der Waals surface area contributed by atoms with E-state index < -0.39 is 6.43 Å². The van der Waals surface area contributed by atoms with Crippen molar-refractivity contribution in [3.63, 3.8) is 0 Å². The van der Waals surface area contributed by atoms with Gasteiger partial charge in [0.25, 0.3) is 6.43 Å². The summed E-state index contributed by atoms with van der Waals surface area (Å²) in [6.45, 7) is -0.353. The molecule has 3 nitrogen and oxygen atoms in total. The number of rotatable bonds is 5. The quantitative estimate of drug-likeness (QED) is 0.652. The largest absolute Gasteiger partial charge is 0.329 e. The van der Waals surface area contributed by atoms with Crippen LogP contribution in [0.15, 0.2) is 12.4 Å². The number of hydrogen-bond donors (Lipinski definition) is 0. The third-order valence-electron chi connectivity index (χ3n) is 1.62. The standard InChI is InChI=1S/C8H10F2N2O/c9-7(10)6-12-4-3-11-8(12)2-1-5-13/h3-5,7H,1-2,6H2. The second kappa shape index (κ2) is 4.69. The molecule has 0 spiro atoms. The van der Waals surface area contributed by atoms with Gasteiger partial charge in [-0.05, 0) is 0 Å². The van der Waals surface area contributed by atoms with Gasteiger partial charge in [0.15, 0.2) is 0 Å². The van der Waals surface area contributed by atoms with Crippen LogP contribution in [0.2, 0.25) is 0 Å². The van der Waals surface area contributed by atoms with Crippen LogP contribution in [0.25, 0.3) is 0 Å². The average Bonchev–Trinajstić information content (AvgIpc) is 2.48. The van der Waals surface area contributed by atoms with Crippen molar-refractivity contribution >= 4 is 6.29 Å². The van der Waals surface area contributed by atoms with Gasteiger partial charge in [-0.15, -0.1) is 0 Å². The molecule has 13 heavy (non-hydrogen) atoms. The third-order valence-corrected chi connectivity index (χ3v) is 1.62. The highest BCUT2D eigenvalue weighted by Crippen LogP contribution is 2.04. The molecule has 0 bridgehead atoms. The molecule has 0 unspecified atom stereocenters. The van der Waals surface area contributed by atoms with Gasteiger partial charge in [-0.3, -0.25) is 0 Å². The summed E-state index contributed by atoms with van der Waals surface area (Å²) in [4.78, 5) is 13.9. The van der Waals surface area contributed by atoms with Crippen LogP contribution in [0.4, 0.5) is 8.78 Å². The summed E-state index contributed by atoms with van der Waals surface area (Å²) in [5, 5.41) is 0. The fourth-order valence-electron chi connectivity index (χ4n) is 1.07. The lowest BCUT2D eigenvalue weighted by molar-refractivity contribution is -0.107. The Balaban J connectivity index is 2.59. The lowest BCUT2D eigenvalue weighted by Gasteiger charge is -2.04. The number of aldehydes is 1. The Labute approximate surface area is 74.4 Å². The predicted octanol–water partition coefficient (Wildman–Crippen LogP) is 1.28. The van der Waals surface area contributed by atoms with Gasteiger partial charge in [-0.25, -0.2) is 13.8 Å². The van der Waals surface area contributed by atoms with Crippen molar-refractivity contribution in [1.82, 2.24) is 9.55 Å². The van der Waals surface area contributed by atoms with Gasteiger partial charge in [-0.2, -0.15) is 0 Å². The van der Waals surface area contributed by atoms with Crippen molar-refractivity contribution in [3.05, 3.63) is 18.2 Å². The van der Waals surface area contributed by atoms with E-state index in [1.54, 1.807) is 0 Å². The first-order valence-electron chi connectivity index (χ1n) is 3.96. The van der Waals surface area contributed by atoms with Crippen LogP contribution in [-0.4, -0.2) is 22.3 Å². The molecule has 1 heterocycles. The molecule has 1 aromatic heterocycles. The molecule has 0 fully saturated rings. The molecule has 0 atom stereocenters. The van der Waals surface area contributed by atoms with E-state index in [0.29, 0.717) is 18.7 Å². The van der Waals surface area contributed by atoms with Gasteiger partial charge in [0.1, 0.15) is 12.1 Å². The van der Waals surface area contributed by atoms with Crippen LogP contribution in [0, 0.1) is 0 Å². The molecule has 0 aliphatic rings. The summed E-state index contributed by atoms with van der Waals surface area (Å²) in [5.74, 6) is 0.535. The van der Waals surface area contributed by atoms with Crippen LogP contribution in [0.1, 0.15) is 12.2 Å². The number of aromatic nitrogens is 2. The van der Waals surface area contributed by atoms with Crippen molar-refractivity contribution in [1.29, 1.82) is 0 Å². The van der Waals surface area contributed by atoms with Gasteiger partial charge < -0.3 is 9.36 Å². The molecular weight excluding hydrogens is 178 g/mol. The van der Waals surface area contributed by atoms with Crippen molar-refractivity contribution in [2.75, 3.05) is 0 Å². The minimum Gasteiger partial charge on any atom is -0.329 e. The summed E-state index contributed by atoms with van der Waals surface area (Å²) in [6, 6.07) is 0. The molecule has 0 saturated carbocycles. The Kier molecular flexibility index (Phi) is 3.54. The summed E-state index contributed by atoms with van der Waals surface area (Å²) < 4.78 is 25.3. The predicted molar refractivity (Wildman–Crippen MR) is 42.6 cm³/mol. The molecule has 1 aromatic rings. The van der Waals surface area contributed by atoms with E-state index in [9.17, 15) is 13.6 Å². The maximum Gasteiger partial charge on any atom is 0.256 e. The average molecular weight is 188 g/mol. The number of carbonyl (C=O) groups is 1. The Morgan fingerprint density at radius 2 is 2.38 bits per heavy atom. The van der Waals surface area contributed by atoms with E-state index in [1.807, 2.05) is 0 Å². The number of aryl methyl sites for hydroxylation is 1. The fourth-order valence-corrected chi connectivity index (χ4v) is 1.07. The highest BCUT2D eigenvalue weighted by atomic mass is 19.3. The Hall–Kier alpha value is -1.26. The highest BCUT2D eigenvalue weighted by molar-refractivity contribution is 5.49. The topological polar surface area (TPSA) is 34.9 Å². The Morgan fingerprint density at radius 3 is 3.00 bits per heavy atom. The Morgan fingerprint density at radius 1 is 1.62 bits per heavy atom. The van der Waals surface area contributed by atoms with Crippen LogP contribution < -0.4 is 0 Å². The first-order valence-corrected chi connectivity index (χ1v) is 3.96. The number of nitrogens with zero attached hydrogens (tertiary/aromatic N) is 2. The highest BCUT2D eigenvalue weighted by Gasteiger charge is 2.07. The number of hydrogen-bond acceptors (Lipinski definition) is 2. The minimum atomic E-state index is -2.39. The summed E-state index contributed by atoms with van der Waals surface area (Å²) in [6.07, 6.45) is 2.06. The summed E-state index contributed by atoms with van der Waals surface area (Å²) in [5.41, 5.74) is 0. The molecule has 0 amide bonds. The van der Waals surface area contributed by atoms with Crippen molar-refractivity contribution < 1.29 is 13.6 Å². The minimum absolute atomic E-state index is 0.320. The van der Waals surface area contributed by atoms with E-state index in [2.05, 4.69) is 4.98 Å². The van der Waals surface area contributed by atoms with E-state index in [4.69, 9.17) is 0 Å². The van der Waals surface area contributed by atoms with Crippen molar-refractivity contribution in [2.24, 2.45) is 0 Å². The number of halogens is 2. The first-order chi connectivity index (χ1) is 6.24. The smallest absolute Gasteiger partial charge is 0.256 e. The maximum absolute atomic E-state index is 12.0. The van der Waals surface area contributed by atoms with E-state index in [1.165, 1.54) is 17.0 Å². The van der Waals surface area contributed by atoms with Gasteiger partial charge in [0, 0.05) is 25.2 Å². The zero-order chi connectivity index (χ0) is 9.68. The fraction of sp³-hybridized carbons (Fsp3) is 0.500. The van der Waals surface area contributed by atoms with E-state index >= 15 is 0 Å².